The third kappa shape index (κ3) is 5.71. The number of rotatable bonds is 8. The van der Waals surface area contributed by atoms with E-state index < -0.39 is 10.8 Å². The van der Waals surface area contributed by atoms with Gasteiger partial charge in [0, 0.05) is 17.2 Å². The lowest BCUT2D eigenvalue weighted by Gasteiger charge is -2.07. The van der Waals surface area contributed by atoms with E-state index in [0.29, 0.717) is 22.4 Å². The van der Waals surface area contributed by atoms with Gasteiger partial charge >= 0.3 is 0 Å². The minimum Gasteiger partial charge on any atom is -0.489 e. The first-order valence-electron chi connectivity index (χ1n) is 9.03. The summed E-state index contributed by atoms with van der Waals surface area (Å²) in [5.41, 5.74) is 3.64. The standard InChI is InChI=1S/C22H18FN3O4/c23-20-10-3-1-8-18(20)15-30-19-9-5-6-16(12-19)14-24-25-22(27)13-17-7-2-4-11-21(17)26(28)29/h1-12,14H,13,15H2,(H,25,27)/b24-14+. The number of nitrogens with one attached hydrogen (secondary N) is 1. The summed E-state index contributed by atoms with van der Waals surface area (Å²) in [5.74, 6) is -0.294. The summed E-state index contributed by atoms with van der Waals surface area (Å²) in [6, 6.07) is 19.3. The van der Waals surface area contributed by atoms with Crippen molar-refractivity contribution >= 4 is 17.8 Å². The van der Waals surface area contributed by atoms with Crippen LogP contribution >= 0.6 is 0 Å². The fraction of sp³-hybridized carbons (Fsp3) is 0.0909. The maximum Gasteiger partial charge on any atom is 0.273 e. The Morgan fingerprint density at radius 2 is 1.80 bits per heavy atom. The van der Waals surface area contributed by atoms with E-state index in [-0.39, 0.29) is 24.5 Å². The molecule has 0 saturated carbocycles. The number of nitro groups is 1. The van der Waals surface area contributed by atoms with Gasteiger partial charge in [-0.25, -0.2) is 9.82 Å². The molecule has 0 spiro atoms. The zero-order valence-electron chi connectivity index (χ0n) is 15.8. The number of benzene rings is 3. The van der Waals surface area contributed by atoms with Crippen LogP contribution in [0, 0.1) is 15.9 Å². The van der Waals surface area contributed by atoms with E-state index in [4.69, 9.17) is 4.74 Å². The molecule has 0 aliphatic carbocycles. The summed E-state index contributed by atoms with van der Waals surface area (Å²) in [7, 11) is 0. The van der Waals surface area contributed by atoms with Gasteiger partial charge in [-0.1, -0.05) is 48.5 Å². The maximum atomic E-state index is 13.7. The first-order valence-corrected chi connectivity index (χ1v) is 9.03. The smallest absolute Gasteiger partial charge is 0.273 e. The van der Waals surface area contributed by atoms with Crippen LogP contribution in [-0.4, -0.2) is 17.0 Å². The second-order valence-corrected chi connectivity index (χ2v) is 6.31. The highest BCUT2D eigenvalue weighted by atomic mass is 19.1. The Morgan fingerprint density at radius 3 is 2.57 bits per heavy atom. The zero-order valence-corrected chi connectivity index (χ0v) is 15.8. The quantitative estimate of drug-likeness (QED) is 0.347. The average Bonchev–Trinajstić information content (AvgIpc) is 2.74. The van der Waals surface area contributed by atoms with Crippen molar-refractivity contribution in [3.8, 4) is 5.75 Å². The molecule has 7 nitrogen and oxygen atoms in total. The van der Waals surface area contributed by atoms with Crippen LogP contribution in [0.25, 0.3) is 0 Å². The summed E-state index contributed by atoms with van der Waals surface area (Å²) in [4.78, 5) is 22.5. The molecule has 0 unspecified atom stereocenters. The first kappa shape index (κ1) is 20.7. The molecule has 3 rings (SSSR count). The van der Waals surface area contributed by atoms with Crippen LogP contribution in [0.2, 0.25) is 0 Å². The van der Waals surface area contributed by atoms with Gasteiger partial charge in [0.05, 0.1) is 17.6 Å². The Labute approximate surface area is 172 Å². The molecule has 1 amide bonds. The number of hydrogen-bond acceptors (Lipinski definition) is 5. The summed E-state index contributed by atoms with van der Waals surface area (Å²) in [6.45, 7) is 0.0832. The Balaban J connectivity index is 1.56. The predicted molar refractivity (Wildman–Crippen MR) is 110 cm³/mol. The molecule has 0 fully saturated rings. The Morgan fingerprint density at radius 1 is 1.07 bits per heavy atom. The third-order valence-electron chi connectivity index (χ3n) is 4.15. The number of amides is 1. The van der Waals surface area contributed by atoms with Gasteiger partial charge in [0.25, 0.3) is 5.69 Å². The van der Waals surface area contributed by atoms with Crippen LogP contribution in [0.3, 0.4) is 0 Å². The van der Waals surface area contributed by atoms with Crippen molar-refractivity contribution in [1.82, 2.24) is 5.43 Å². The number of halogens is 1. The highest BCUT2D eigenvalue weighted by Gasteiger charge is 2.15. The molecule has 0 atom stereocenters. The van der Waals surface area contributed by atoms with Gasteiger partial charge in [0.2, 0.25) is 5.91 Å². The normalized spacial score (nSPS) is 10.7. The van der Waals surface area contributed by atoms with Crippen LogP contribution in [0.5, 0.6) is 5.75 Å². The molecular weight excluding hydrogens is 389 g/mol. The molecule has 3 aromatic carbocycles. The Bertz CT molecular complexity index is 1090. The van der Waals surface area contributed by atoms with E-state index >= 15 is 0 Å². The molecule has 3 aromatic rings. The number of para-hydroxylation sites is 1. The van der Waals surface area contributed by atoms with Gasteiger partial charge in [-0.05, 0) is 23.8 Å². The Kier molecular flexibility index (Phi) is 6.83. The molecule has 152 valence electrons. The van der Waals surface area contributed by atoms with Gasteiger partial charge in [0.15, 0.2) is 0 Å². The lowest BCUT2D eigenvalue weighted by molar-refractivity contribution is -0.385. The van der Waals surface area contributed by atoms with Crippen molar-refractivity contribution < 1.29 is 18.8 Å². The number of hydrogen-bond donors (Lipinski definition) is 1. The second kappa shape index (κ2) is 9.92. The summed E-state index contributed by atoms with van der Waals surface area (Å²) in [6.07, 6.45) is 1.26. The molecule has 0 heterocycles. The monoisotopic (exact) mass is 407 g/mol. The molecule has 0 bridgehead atoms. The lowest BCUT2D eigenvalue weighted by atomic mass is 10.1. The molecule has 1 N–H and O–H groups in total. The van der Waals surface area contributed by atoms with E-state index in [1.54, 1.807) is 54.6 Å². The van der Waals surface area contributed by atoms with Gasteiger partial charge in [-0.3, -0.25) is 14.9 Å². The fourth-order valence-corrected chi connectivity index (χ4v) is 2.69. The number of nitrogens with zero attached hydrogens (tertiary/aromatic N) is 2. The molecule has 8 heteroatoms. The molecule has 0 aromatic heterocycles. The predicted octanol–water partition coefficient (Wildman–Crippen LogP) is 4.01. The van der Waals surface area contributed by atoms with E-state index in [2.05, 4.69) is 10.5 Å². The fourth-order valence-electron chi connectivity index (χ4n) is 2.69. The van der Waals surface area contributed by atoms with Crippen molar-refractivity contribution in [2.75, 3.05) is 0 Å². The van der Waals surface area contributed by atoms with Gasteiger partial charge in [-0.15, -0.1) is 0 Å². The molecule has 0 saturated heterocycles. The minimum absolute atomic E-state index is 0.0832. The van der Waals surface area contributed by atoms with Crippen LogP contribution in [0.15, 0.2) is 77.9 Å². The van der Waals surface area contributed by atoms with Crippen LogP contribution in [-0.2, 0) is 17.8 Å². The molecule has 30 heavy (non-hydrogen) atoms. The summed E-state index contributed by atoms with van der Waals surface area (Å²) in [5, 5.41) is 14.9. The molecule has 0 radical (unpaired) electrons. The van der Waals surface area contributed by atoms with E-state index in [1.807, 2.05) is 0 Å². The third-order valence-corrected chi connectivity index (χ3v) is 4.15. The highest BCUT2D eigenvalue weighted by molar-refractivity contribution is 5.84. The summed E-state index contributed by atoms with van der Waals surface area (Å²) >= 11 is 0. The summed E-state index contributed by atoms with van der Waals surface area (Å²) < 4.78 is 19.3. The van der Waals surface area contributed by atoms with Gasteiger partial charge in [0.1, 0.15) is 18.2 Å². The van der Waals surface area contributed by atoms with Crippen molar-refractivity contribution in [3.63, 3.8) is 0 Å². The van der Waals surface area contributed by atoms with Crippen LogP contribution in [0.1, 0.15) is 16.7 Å². The van der Waals surface area contributed by atoms with Crippen LogP contribution in [0.4, 0.5) is 10.1 Å². The SMILES string of the molecule is O=C(Cc1ccccc1[N+](=O)[O-])N/N=C/c1cccc(OCc2ccccc2F)c1. The number of carbonyl (C=O) groups is 1. The second-order valence-electron chi connectivity index (χ2n) is 6.31. The maximum absolute atomic E-state index is 13.7. The number of nitro benzene ring substituents is 1. The van der Waals surface area contributed by atoms with Crippen LogP contribution < -0.4 is 10.2 Å². The Hall–Kier alpha value is -4.07. The average molecular weight is 407 g/mol. The van der Waals surface area contributed by atoms with Gasteiger partial charge < -0.3 is 4.74 Å². The molecule has 0 aliphatic heterocycles. The topological polar surface area (TPSA) is 93.8 Å². The first-order chi connectivity index (χ1) is 14.5. The largest absolute Gasteiger partial charge is 0.489 e. The van der Waals surface area contributed by atoms with Crippen molar-refractivity contribution in [2.45, 2.75) is 13.0 Å². The van der Waals surface area contributed by atoms with E-state index in [9.17, 15) is 19.3 Å². The van der Waals surface area contributed by atoms with E-state index in [0.717, 1.165) is 0 Å². The van der Waals surface area contributed by atoms with Gasteiger partial charge in [-0.2, -0.15) is 5.10 Å². The van der Waals surface area contributed by atoms with E-state index in [1.165, 1.54) is 24.4 Å². The molecular formula is C22H18FN3O4. The number of hydrazone groups is 1. The molecule has 0 aliphatic rings. The number of carbonyl (C=O) groups excluding carboxylic acids is 1. The lowest BCUT2D eigenvalue weighted by Crippen LogP contribution is -2.20. The van der Waals surface area contributed by atoms with Crippen molar-refractivity contribution in [3.05, 3.63) is 105 Å². The zero-order chi connectivity index (χ0) is 21.3. The highest BCUT2D eigenvalue weighted by Crippen LogP contribution is 2.18. The number of ether oxygens (including phenoxy) is 1. The van der Waals surface area contributed by atoms with Crippen molar-refractivity contribution in [2.24, 2.45) is 5.10 Å². The van der Waals surface area contributed by atoms with Crippen molar-refractivity contribution in [1.29, 1.82) is 0 Å². The minimum atomic E-state index is -0.529.